The highest BCUT2D eigenvalue weighted by Crippen LogP contribution is 2.50. The van der Waals surface area contributed by atoms with Crippen LogP contribution in [0.15, 0.2) is 24.3 Å². The molecule has 1 aromatic carbocycles. The van der Waals surface area contributed by atoms with E-state index in [2.05, 4.69) is 5.32 Å². The van der Waals surface area contributed by atoms with Crippen LogP contribution in [0.4, 0.5) is 0 Å². The molecule has 2 aliphatic rings. The Morgan fingerprint density at radius 3 is 2.36 bits per heavy atom. The summed E-state index contributed by atoms with van der Waals surface area (Å²) in [5, 5.41) is 13.0. The number of rotatable bonds is 6. The van der Waals surface area contributed by atoms with Gasteiger partial charge in [-0.25, -0.2) is 0 Å². The summed E-state index contributed by atoms with van der Waals surface area (Å²) in [7, 11) is 0. The first-order valence-corrected chi connectivity index (χ1v) is 8.10. The zero-order valence-corrected chi connectivity index (χ0v) is 13.2. The zero-order valence-electron chi connectivity index (χ0n) is 12.4. The van der Waals surface area contributed by atoms with Gasteiger partial charge in [-0.2, -0.15) is 0 Å². The van der Waals surface area contributed by atoms with Gasteiger partial charge in [0.2, 0.25) is 5.91 Å². The normalized spacial score (nSPS) is 20.8. The van der Waals surface area contributed by atoms with Gasteiger partial charge in [0.25, 0.3) is 0 Å². The fourth-order valence-electron chi connectivity index (χ4n) is 3.29. The second-order valence-electron chi connectivity index (χ2n) is 6.65. The molecule has 0 aliphatic heterocycles. The second-order valence-corrected chi connectivity index (χ2v) is 7.06. The molecular weight excluding hydrogens is 302 g/mol. The Morgan fingerprint density at radius 2 is 1.86 bits per heavy atom. The highest BCUT2D eigenvalue weighted by Gasteiger charge is 2.48. The summed E-state index contributed by atoms with van der Waals surface area (Å²) in [6.45, 7) is 0.533. The quantitative estimate of drug-likeness (QED) is 0.846. The number of hydrogen-bond acceptors (Lipinski definition) is 2. The summed E-state index contributed by atoms with van der Waals surface area (Å²) in [5.41, 5.74) is 0.184. The minimum atomic E-state index is -0.846. The molecule has 3 rings (SSSR count). The average molecular weight is 322 g/mol. The molecule has 1 amide bonds. The van der Waals surface area contributed by atoms with Crippen LogP contribution in [0.2, 0.25) is 5.02 Å². The predicted octanol–water partition coefficient (Wildman–Crippen LogP) is 3.13. The predicted molar refractivity (Wildman–Crippen MR) is 83.9 cm³/mol. The largest absolute Gasteiger partial charge is 0.481 e. The number of aliphatic carboxylic acids is 1. The molecule has 118 valence electrons. The van der Waals surface area contributed by atoms with Crippen molar-refractivity contribution in [2.75, 3.05) is 6.54 Å². The van der Waals surface area contributed by atoms with Crippen LogP contribution < -0.4 is 5.32 Å². The molecule has 2 saturated carbocycles. The Morgan fingerprint density at radius 1 is 1.18 bits per heavy atom. The Bertz CT molecular complexity index is 606. The number of hydrogen-bond donors (Lipinski definition) is 2. The lowest BCUT2D eigenvalue weighted by molar-refractivity contribution is -0.157. The Labute approximate surface area is 134 Å². The number of amides is 1. The highest BCUT2D eigenvalue weighted by atomic mass is 35.5. The van der Waals surface area contributed by atoms with E-state index >= 15 is 0 Å². The van der Waals surface area contributed by atoms with Gasteiger partial charge in [0.1, 0.15) is 0 Å². The lowest BCUT2D eigenvalue weighted by Gasteiger charge is -2.37. The van der Waals surface area contributed by atoms with E-state index in [1.807, 2.05) is 24.3 Å². The van der Waals surface area contributed by atoms with Gasteiger partial charge in [-0.1, -0.05) is 36.2 Å². The summed E-state index contributed by atoms with van der Waals surface area (Å²) in [5.74, 6) is -1.01. The molecule has 0 unspecified atom stereocenters. The molecule has 0 saturated heterocycles. The van der Waals surface area contributed by atoms with E-state index in [1.165, 1.54) is 0 Å². The fourth-order valence-corrected chi connectivity index (χ4v) is 3.63. The van der Waals surface area contributed by atoms with Gasteiger partial charge in [0, 0.05) is 23.4 Å². The van der Waals surface area contributed by atoms with Crippen LogP contribution in [0.5, 0.6) is 0 Å². The van der Waals surface area contributed by atoms with Gasteiger partial charge in [-0.15, -0.1) is 0 Å². The second kappa shape index (κ2) is 5.58. The number of carbonyl (C=O) groups excluding carboxylic acids is 1. The monoisotopic (exact) mass is 321 g/mol. The summed E-state index contributed by atoms with van der Waals surface area (Å²) >= 11 is 6.25. The van der Waals surface area contributed by atoms with Gasteiger partial charge < -0.3 is 10.4 Å². The van der Waals surface area contributed by atoms with E-state index in [9.17, 15) is 14.7 Å². The number of carboxylic acids is 1. The van der Waals surface area contributed by atoms with Gasteiger partial charge >= 0.3 is 5.97 Å². The summed E-state index contributed by atoms with van der Waals surface area (Å²) in [4.78, 5) is 23.5. The van der Waals surface area contributed by atoms with Gasteiger partial charge in [0.05, 0.1) is 5.41 Å². The topological polar surface area (TPSA) is 66.4 Å². The fraction of sp³-hybridized carbons (Fsp3) is 0.529. The van der Waals surface area contributed by atoms with Crippen LogP contribution in [0, 0.1) is 5.41 Å². The minimum Gasteiger partial charge on any atom is -0.481 e. The van der Waals surface area contributed by atoms with Crippen molar-refractivity contribution < 1.29 is 14.7 Å². The van der Waals surface area contributed by atoms with Crippen molar-refractivity contribution >= 4 is 23.5 Å². The standard InChI is InChI=1S/C17H20ClNO3/c18-13-5-2-1-4-12(13)17(8-9-17)11-19-14(20)10-16(15(21)22)6-3-7-16/h1-2,4-5H,3,6-11H2,(H,19,20)(H,21,22). The first-order valence-electron chi connectivity index (χ1n) is 7.73. The van der Waals surface area contributed by atoms with Crippen molar-refractivity contribution in [3.63, 3.8) is 0 Å². The third kappa shape index (κ3) is 2.72. The number of halogens is 1. The average Bonchev–Trinajstić information content (AvgIpc) is 3.22. The molecule has 0 heterocycles. The maximum Gasteiger partial charge on any atom is 0.310 e. The molecule has 2 fully saturated rings. The van der Waals surface area contributed by atoms with Crippen molar-refractivity contribution in [2.24, 2.45) is 5.41 Å². The van der Waals surface area contributed by atoms with Crippen molar-refractivity contribution in [3.05, 3.63) is 34.9 Å². The molecular formula is C17H20ClNO3. The Kier molecular flexibility index (Phi) is 3.89. The molecule has 4 nitrogen and oxygen atoms in total. The molecule has 2 aliphatic carbocycles. The highest BCUT2D eigenvalue weighted by molar-refractivity contribution is 6.31. The molecule has 2 N–H and O–H groups in total. The van der Waals surface area contributed by atoms with Crippen LogP contribution in [0.1, 0.15) is 44.1 Å². The van der Waals surface area contributed by atoms with E-state index in [1.54, 1.807) is 0 Å². The van der Waals surface area contributed by atoms with E-state index < -0.39 is 11.4 Å². The number of carboxylic acid groups (broad SMARTS) is 1. The zero-order chi connectivity index (χ0) is 15.8. The number of nitrogens with one attached hydrogen (secondary N) is 1. The minimum absolute atomic E-state index is 0.0655. The lowest BCUT2D eigenvalue weighted by Crippen LogP contribution is -2.43. The number of carbonyl (C=O) groups is 2. The van der Waals surface area contributed by atoms with Crippen LogP contribution in [-0.2, 0) is 15.0 Å². The molecule has 22 heavy (non-hydrogen) atoms. The summed E-state index contributed by atoms with van der Waals surface area (Å²) in [6, 6.07) is 7.73. The lowest BCUT2D eigenvalue weighted by atomic mass is 9.66. The smallest absolute Gasteiger partial charge is 0.310 e. The van der Waals surface area contributed by atoms with Gasteiger partial charge in [-0.05, 0) is 37.3 Å². The third-order valence-electron chi connectivity index (χ3n) is 5.19. The summed E-state index contributed by atoms with van der Waals surface area (Å²) in [6.07, 6.45) is 4.18. The van der Waals surface area contributed by atoms with Crippen molar-refractivity contribution in [1.82, 2.24) is 5.32 Å². The van der Waals surface area contributed by atoms with Gasteiger partial charge in [0.15, 0.2) is 0 Å². The van der Waals surface area contributed by atoms with Crippen LogP contribution in [0.25, 0.3) is 0 Å². The maximum atomic E-state index is 12.1. The van der Waals surface area contributed by atoms with Crippen LogP contribution in [0.3, 0.4) is 0 Å². The maximum absolute atomic E-state index is 12.1. The Balaban J connectivity index is 1.60. The SMILES string of the molecule is O=C(CC1(C(=O)O)CCC1)NCC1(c2ccccc2Cl)CC1. The Hall–Kier alpha value is -1.55. The van der Waals surface area contributed by atoms with E-state index in [0.717, 1.165) is 29.8 Å². The van der Waals surface area contributed by atoms with Gasteiger partial charge in [-0.3, -0.25) is 9.59 Å². The molecule has 0 aromatic heterocycles. The molecule has 1 aromatic rings. The van der Waals surface area contributed by atoms with E-state index in [4.69, 9.17) is 11.6 Å². The van der Waals surface area contributed by atoms with E-state index in [0.29, 0.717) is 19.4 Å². The third-order valence-corrected chi connectivity index (χ3v) is 5.52. The molecule has 5 heteroatoms. The van der Waals surface area contributed by atoms with Crippen LogP contribution in [-0.4, -0.2) is 23.5 Å². The summed E-state index contributed by atoms with van der Waals surface area (Å²) < 4.78 is 0. The molecule has 0 radical (unpaired) electrons. The molecule has 0 bridgehead atoms. The molecule has 0 atom stereocenters. The van der Waals surface area contributed by atoms with E-state index in [-0.39, 0.29) is 17.7 Å². The van der Waals surface area contributed by atoms with Crippen molar-refractivity contribution in [1.29, 1.82) is 0 Å². The van der Waals surface area contributed by atoms with Crippen molar-refractivity contribution in [3.8, 4) is 0 Å². The first-order chi connectivity index (χ1) is 10.5. The first kappa shape index (κ1) is 15.3. The molecule has 0 spiro atoms. The number of benzene rings is 1. The van der Waals surface area contributed by atoms with Crippen molar-refractivity contribution in [2.45, 2.75) is 43.9 Å². The van der Waals surface area contributed by atoms with Crippen LogP contribution >= 0.6 is 11.6 Å².